The fourth-order valence-electron chi connectivity index (χ4n) is 13.9. The molecule has 43 heteroatoms. The normalized spacial score (nSPS) is 14.6. The quantitative estimate of drug-likeness (QED) is 0.00931. The van der Waals surface area contributed by atoms with Crippen molar-refractivity contribution < 1.29 is 73.1 Å². The van der Waals surface area contributed by atoms with Crippen LogP contribution in [0.15, 0.2) is 182 Å². The first-order chi connectivity index (χ1) is 65.3. The molecule has 2 aliphatic carbocycles. The van der Waals surface area contributed by atoms with E-state index < -0.39 is 81.4 Å². The van der Waals surface area contributed by atoms with Crippen LogP contribution in [0.1, 0.15) is 187 Å². The van der Waals surface area contributed by atoms with E-state index >= 15 is 0 Å². The molecular weight excluding hydrogens is 2090 g/mol. The molecule has 2 saturated carbocycles. The molecule has 141 heavy (non-hydrogen) atoms. The van der Waals surface area contributed by atoms with Gasteiger partial charge in [-0.05, 0) is 189 Å². The zero-order chi connectivity index (χ0) is 105. The number of Topliss-reactive ketones (excluding diaryl/α,β-unsaturated/α-hetero) is 4. The van der Waals surface area contributed by atoms with E-state index in [2.05, 4.69) is 114 Å². The first-order valence-corrected chi connectivity index (χ1v) is 53.3. The third kappa shape index (κ3) is 35.0. The topological polar surface area (TPSA) is 469 Å². The molecule has 0 bridgehead atoms. The minimum atomic E-state index is -1.45. The van der Waals surface area contributed by atoms with Crippen LogP contribution in [0.2, 0.25) is 30.9 Å². The number of carbonyl (C=O) groups excluding carboxylic acids is 6. The molecule has 756 valence electrons. The predicted octanol–water partition coefficient (Wildman–Crippen LogP) is 19.9. The first kappa shape index (κ1) is 121. The molecule has 7 N–H and O–H groups in total. The van der Waals surface area contributed by atoms with Crippen LogP contribution in [-0.2, 0) is 86.4 Å². The van der Waals surface area contributed by atoms with Gasteiger partial charge < -0.3 is 45.2 Å². The number of nitrogens with one attached hydrogen (secondary N) is 1. The fourth-order valence-corrected chi connectivity index (χ4v) is 15.0. The second kappa shape index (κ2) is 53.8. The van der Waals surface area contributed by atoms with Crippen molar-refractivity contribution in [2.45, 2.75) is 229 Å². The van der Waals surface area contributed by atoms with E-state index in [0.29, 0.717) is 88.5 Å². The zero-order valence-electron chi connectivity index (χ0n) is 81.2. The molecule has 1 unspecified atom stereocenters. The van der Waals surface area contributed by atoms with Crippen molar-refractivity contribution in [3.05, 3.63) is 284 Å². The van der Waals surface area contributed by atoms with Crippen LogP contribution in [0.25, 0.3) is 33.6 Å². The summed E-state index contributed by atoms with van der Waals surface area (Å²) in [7, 11) is 9.48. The molecule has 1 amide bonds. The van der Waals surface area contributed by atoms with Crippen molar-refractivity contribution in [3.8, 4) is 11.3 Å². The molecule has 14 rings (SSSR count). The molecule has 2 aromatic carbocycles. The number of nitrogen functional groups attached to an aromatic ring is 1. The standard InChI is InChI=1S/C24H31N3O2.C16H25BO3.C15H19ClN2O.C11H10O7.C9H8ClN3O.C9H9ClN2O2.C9H11ClN2.C5H2Cl2N2O2.2ClH.H2O.Sn/c1-8-13-26-21-20(27(22(26)28)15-23(3,4)5)12-11-19(25-21)18-14-17(24(6,7)29)10-9-16(18)2;1-11-8-9-12(14(2,3)18)10-13(11)17-19-15(4,5)16(6,7)20-17;1-5-8-18-13-10(6-7-12(16)17-13)11(14(18)19)9-15(2,3)4;12-5-1-2-6(13)9(5)17-11(16)18-10-7(14)3-4-8(10)15;1-2-5-13-8-6(11-9(13)14)3-4-7(10)12-8;1-2-3-4-7-8(12(13)14)5-6-9(10)11-7;1-2-3-4-8-7(11)5-6-9(10)12-8;6-4-2-1-3(9(10)11)5(7)8-4;;;;/h8-12,14,29H,1,13,15H2,2-7H3;8-10,18H,1-7H3;5-7,11H,1,8-9H2,2-4H3;9-10H,1-4H2;2-4H,1,5H2,(H,11,14);2,5-6H,1,3-4H2;2,5-6H,1,3-4,11H2;1-2H;2*1H;1H2;/q;;;;;;;;;;;+2/p-2. The number of imidazole rings is 2. The number of pyridine rings is 6. The van der Waals surface area contributed by atoms with Crippen molar-refractivity contribution in [1.82, 2.24) is 48.6 Å². The van der Waals surface area contributed by atoms with Gasteiger partial charge in [0.2, 0.25) is 23.3 Å². The van der Waals surface area contributed by atoms with Gasteiger partial charge in [-0.15, -0.1) is 32.9 Å². The van der Waals surface area contributed by atoms with Gasteiger partial charge in [-0.3, -0.25) is 62.8 Å². The van der Waals surface area contributed by atoms with E-state index in [4.69, 9.17) is 107 Å². The van der Waals surface area contributed by atoms with Crippen LogP contribution in [0.3, 0.4) is 0 Å². The number of ketones is 4. The number of ether oxygens (including phenoxy) is 2. The number of amides is 1. The molecule has 10 heterocycles. The maximum atomic E-state index is 13.1. The summed E-state index contributed by atoms with van der Waals surface area (Å²) in [6.07, 6.45) is 8.06. The Balaban J connectivity index is 0.000000287. The van der Waals surface area contributed by atoms with Gasteiger partial charge in [0.25, 0.3) is 5.69 Å². The number of H-pyrrole nitrogens is 1. The number of aryl methyl sites for hydroxylation is 4. The second-order valence-electron chi connectivity index (χ2n) is 36.7. The van der Waals surface area contributed by atoms with Crippen molar-refractivity contribution in [1.29, 1.82) is 0 Å². The molecule has 0 spiro atoms. The maximum absolute atomic E-state index is 13.1. The van der Waals surface area contributed by atoms with E-state index in [0.717, 1.165) is 75.0 Å². The third-order valence-corrected chi connectivity index (χ3v) is 23.0. The Kier molecular flexibility index (Phi) is 46.2. The number of nitrogens with zero attached hydrogens (tertiary/aromatic N) is 12. The molecule has 1 atom stereocenters. The van der Waals surface area contributed by atoms with Crippen LogP contribution in [0.5, 0.6) is 0 Å². The van der Waals surface area contributed by atoms with E-state index in [9.17, 15) is 68.8 Å². The van der Waals surface area contributed by atoms with E-state index in [-0.39, 0.29) is 110 Å². The van der Waals surface area contributed by atoms with Gasteiger partial charge in [0.15, 0.2) is 34.4 Å². The average molecular weight is 2210 g/mol. The van der Waals surface area contributed by atoms with E-state index in [1.165, 1.54) is 28.8 Å². The fraction of sp³-hybridized carbons (Fsp3) is 0.388. The summed E-state index contributed by atoms with van der Waals surface area (Å²) in [5.74, 6) is -1.34. The summed E-state index contributed by atoms with van der Waals surface area (Å²) in [4.78, 5) is 142. The van der Waals surface area contributed by atoms with Crippen molar-refractivity contribution >= 4 is 199 Å². The molecule has 10 aromatic rings. The summed E-state index contributed by atoms with van der Waals surface area (Å²) >= 11 is 33.0. The molecule has 8 aromatic heterocycles. The van der Waals surface area contributed by atoms with Gasteiger partial charge in [0, 0.05) is 81.5 Å². The Morgan fingerprint density at radius 1 is 0.567 bits per heavy atom. The number of nitrogens with two attached hydrogens (primary N) is 1. The number of anilines is 2. The van der Waals surface area contributed by atoms with Crippen LogP contribution >= 0.6 is 87.4 Å². The van der Waals surface area contributed by atoms with Crippen LogP contribution in [0.4, 0.5) is 27.7 Å². The van der Waals surface area contributed by atoms with Crippen LogP contribution in [0, 0.1) is 44.9 Å². The Morgan fingerprint density at radius 2 is 1.02 bits per heavy atom. The first-order valence-electron chi connectivity index (χ1n) is 43.8. The Hall–Kier alpha value is -10.4. The number of hydrogen-bond acceptors (Lipinski definition) is 25. The third-order valence-electron chi connectivity index (χ3n) is 21.7. The van der Waals surface area contributed by atoms with E-state index in [1.54, 1.807) is 96.4 Å². The number of allylic oxidation sites excluding steroid dienone is 4. The number of nitro groups is 2. The summed E-state index contributed by atoms with van der Waals surface area (Å²) in [6.45, 7) is 52.3. The molecule has 4 aliphatic rings. The van der Waals surface area contributed by atoms with Crippen LogP contribution in [-0.4, -0.2) is 165 Å². The number of rotatable bonds is 22. The molecule has 2 radical (unpaired) electrons. The number of aliphatic hydroxyl groups is 2. The monoisotopic (exact) mass is 2200 g/mol. The summed E-state index contributed by atoms with van der Waals surface area (Å²) < 4.78 is 26.2. The Labute approximate surface area is 866 Å². The number of hydrogen-bond donors (Lipinski definition) is 4. The van der Waals surface area contributed by atoms with Gasteiger partial charge >= 0.3 is 67.1 Å². The molecule has 1 saturated heterocycles. The van der Waals surface area contributed by atoms with Crippen molar-refractivity contribution in [2.24, 2.45) is 10.8 Å². The summed E-state index contributed by atoms with van der Waals surface area (Å²) in [5, 5.41) is 42.8. The number of benzene rings is 2. The van der Waals surface area contributed by atoms with Gasteiger partial charge in [-0.1, -0.05) is 183 Å². The van der Waals surface area contributed by atoms with Crippen molar-refractivity contribution in [2.75, 3.05) is 17.2 Å². The molecular formula is C98H117BCl8N14O19Sn. The van der Waals surface area contributed by atoms with E-state index in [1.807, 2.05) is 102 Å². The number of aromatic nitrogens is 10. The number of fused-ring (bicyclic) bond motifs is 3. The van der Waals surface area contributed by atoms with Gasteiger partial charge in [-0.25, -0.2) is 44.3 Å². The SMILES string of the molecule is C=CCCc1nc(Cl)ccc1N.C=CCCc1nc(Cl)ccc1[N+](=O)[O-].C=CCN1C(=O)C(CC(C)(C)C)c2ccc(Cl)nc21.C=CCn1c(=O)[nH]c2ccc(Cl)nc21.C=CCn1c(=O)n(CC(C)(C)C)c2ccc(-c3cc(C(C)(C)O)ccc3C)nc21.Cc1ccc(C(C)(C)O)cc1B1OC(C)(C)C(C)(C)O1.O.O=C(OC1C(=O)CCC1=O)OC1C(=O)CCC1=O.O=[N+]([O-])c1ccc(Cl)nc1Cl.[Cl][Sn][Cl]. The van der Waals surface area contributed by atoms with Gasteiger partial charge in [-0.2, -0.15) is 0 Å². The predicted molar refractivity (Wildman–Crippen MR) is 558 cm³/mol. The zero-order valence-corrected chi connectivity index (χ0v) is 90.1. The molecule has 2 aliphatic heterocycles. The number of halogens is 8. The summed E-state index contributed by atoms with van der Waals surface area (Å²) in [6, 6.07) is 31.6. The van der Waals surface area contributed by atoms with Gasteiger partial charge in [0.1, 0.15) is 37.3 Å². The van der Waals surface area contributed by atoms with Crippen LogP contribution < -0.4 is 27.5 Å². The summed E-state index contributed by atoms with van der Waals surface area (Å²) in [5.41, 5.74) is 15.0. The van der Waals surface area contributed by atoms with Gasteiger partial charge in [0.05, 0.1) is 66.3 Å². The number of carbonyl (C=O) groups is 6. The Morgan fingerprint density at radius 3 is 1.51 bits per heavy atom. The average Bonchev–Trinajstić information content (AvgIpc) is 1.62. The van der Waals surface area contributed by atoms with Crippen molar-refractivity contribution in [3.63, 3.8) is 0 Å². The Bertz CT molecular complexity index is 6250. The molecule has 33 nitrogen and oxygen atoms in total. The number of aromatic amines is 1. The minimum absolute atomic E-state index is 0. The second-order valence-corrected chi connectivity index (χ2v) is 43.2. The molecule has 3 fully saturated rings.